The van der Waals surface area contributed by atoms with E-state index in [2.05, 4.69) is 34.1 Å². The summed E-state index contributed by atoms with van der Waals surface area (Å²) in [5, 5.41) is 4.11. The monoisotopic (exact) mass is 382 g/mol. The number of carbonyl (C=O) groups excluding carboxylic acids is 1. The molecule has 0 bridgehead atoms. The lowest BCUT2D eigenvalue weighted by Gasteiger charge is -2.35. The van der Waals surface area contributed by atoms with Crippen LogP contribution in [-0.2, 0) is 11.3 Å². The summed E-state index contributed by atoms with van der Waals surface area (Å²) in [4.78, 5) is 21.4. The fourth-order valence-corrected chi connectivity index (χ4v) is 4.25. The van der Waals surface area contributed by atoms with Crippen molar-refractivity contribution in [1.29, 1.82) is 0 Å². The Balaban J connectivity index is 1.25. The van der Waals surface area contributed by atoms with Gasteiger partial charge in [-0.05, 0) is 25.7 Å². The molecule has 4 rings (SSSR count). The van der Waals surface area contributed by atoms with Crippen molar-refractivity contribution in [3.63, 3.8) is 0 Å². The molecule has 0 unspecified atom stereocenters. The van der Waals surface area contributed by atoms with Crippen LogP contribution < -0.4 is 0 Å². The average molecular weight is 383 g/mol. The molecule has 150 valence electrons. The summed E-state index contributed by atoms with van der Waals surface area (Å²) in [5.74, 6) is 2.22. The number of piperazine rings is 1. The number of aromatic nitrogens is 2. The number of hydrogen-bond donors (Lipinski definition) is 0. The molecule has 2 heterocycles. The summed E-state index contributed by atoms with van der Waals surface area (Å²) in [7, 11) is 0. The SMILES string of the molecule is Cc1ccc(-c2noc(CN3CCN(C(=O)CC4CCCCC4)CC3)n2)cc1. The van der Waals surface area contributed by atoms with Gasteiger partial charge in [-0.3, -0.25) is 9.69 Å². The molecule has 6 heteroatoms. The molecule has 0 spiro atoms. The van der Waals surface area contributed by atoms with Crippen LogP contribution in [0.15, 0.2) is 28.8 Å². The van der Waals surface area contributed by atoms with E-state index in [1.165, 1.54) is 37.7 Å². The number of benzene rings is 1. The molecule has 1 saturated carbocycles. The van der Waals surface area contributed by atoms with Gasteiger partial charge < -0.3 is 9.42 Å². The molecule has 1 aromatic carbocycles. The third kappa shape index (κ3) is 4.79. The maximum Gasteiger partial charge on any atom is 0.241 e. The largest absolute Gasteiger partial charge is 0.340 e. The second kappa shape index (κ2) is 8.86. The highest BCUT2D eigenvalue weighted by Gasteiger charge is 2.25. The van der Waals surface area contributed by atoms with Gasteiger partial charge in [0, 0.05) is 38.2 Å². The maximum atomic E-state index is 12.6. The zero-order valence-corrected chi connectivity index (χ0v) is 16.8. The van der Waals surface area contributed by atoms with E-state index in [1.54, 1.807) is 0 Å². The molecule has 1 saturated heterocycles. The molecular formula is C22H30N4O2. The van der Waals surface area contributed by atoms with Gasteiger partial charge >= 0.3 is 0 Å². The van der Waals surface area contributed by atoms with Crippen LogP contribution >= 0.6 is 0 Å². The molecular weight excluding hydrogens is 352 g/mol. The molecule has 2 aliphatic rings. The molecule has 28 heavy (non-hydrogen) atoms. The second-order valence-corrected chi connectivity index (χ2v) is 8.24. The average Bonchev–Trinajstić information content (AvgIpc) is 3.18. The topological polar surface area (TPSA) is 62.5 Å². The summed E-state index contributed by atoms with van der Waals surface area (Å²) in [6.45, 7) is 6.01. The Labute approximate surface area is 166 Å². The van der Waals surface area contributed by atoms with Gasteiger partial charge in [-0.15, -0.1) is 0 Å². The quantitative estimate of drug-likeness (QED) is 0.790. The smallest absolute Gasteiger partial charge is 0.241 e. The summed E-state index contributed by atoms with van der Waals surface area (Å²) < 4.78 is 5.44. The van der Waals surface area contributed by atoms with E-state index in [-0.39, 0.29) is 0 Å². The van der Waals surface area contributed by atoms with E-state index in [1.807, 2.05) is 17.0 Å². The van der Waals surface area contributed by atoms with Crippen molar-refractivity contribution < 1.29 is 9.32 Å². The van der Waals surface area contributed by atoms with Crippen LogP contribution in [0.25, 0.3) is 11.4 Å². The summed E-state index contributed by atoms with van der Waals surface area (Å²) in [6, 6.07) is 8.13. The zero-order valence-electron chi connectivity index (χ0n) is 16.8. The van der Waals surface area contributed by atoms with Gasteiger partial charge in [0.2, 0.25) is 17.6 Å². The van der Waals surface area contributed by atoms with Crippen LogP contribution in [0, 0.1) is 12.8 Å². The van der Waals surface area contributed by atoms with Crippen molar-refractivity contribution in [3.05, 3.63) is 35.7 Å². The molecule has 2 fully saturated rings. The van der Waals surface area contributed by atoms with Crippen molar-refractivity contribution in [2.75, 3.05) is 26.2 Å². The van der Waals surface area contributed by atoms with E-state index in [0.717, 1.165) is 38.2 Å². The van der Waals surface area contributed by atoms with Crippen LogP contribution in [-0.4, -0.2) is 52.0 Å². The summed E-state index contributed by atoms with van der Waals surface area (Å²) in [6.07, 6.45) is 7.12. The molecule has 0 radical (unpaired) electrons. The lowest BCUT2D eigenvalue weighted by Crippen LogP contribution is -2.48. The van der Waals surface area contributed by atoms with E-state index < -0.39 is 0 Å². The third-order valence-electron chi connectivity index (χ3n) is 6.05. The van der Waals surface area contributed by atoms with Crippen molar-refractivity contribution >= 4 is 5.91 Å². The molecule has 0 atom stereocenters. The van der Waals surface area contributed by atoms with E-state index >= 15 is 0 Å². The fourth-order valence-electron chi connectivity index (χ4n) is 4.25. The zero-order chi connectivity index (χ0) is 19.3. The Morgan fingerprint density at radius 2 is 1.79 bits per heavy atom. The van der Waals surface area contributed by atoms with Gasteiger partial charge in [-0.25, -0.2) is 0 Å². The standard InChI is InChI=1S/C22H30N4O2/c1-17-7-9-19(10-8-17)22-23-20(28-24-22)16-25-11-13-26(14-12-25)21(27)15-18-5-3-2-4-6-18/h7-10,18H,2-6,11-16H2,1H3. The molecule has 1 aromatic heterocycles. The van der Waals surface area contributed by atoms with Crippen molar-refractivity contribution in [2.24, 2.45) is 5.92 Å². The molecule has 2 aromatic rings. The molecule has 1 aliphatic heterocycles. The first-order valence-electron chi connectivity index (χ1n) is 10.6. The van der Waals surface area contributed by atoms with E-state index in [0.29, 0.717) is 30.1 Å². The molecule has 1 amide bonds. The highest BCUT2D eigenvalue weighted by molar-refractivity contribution is 5.76. The van der Waals surface area contributed by atoms with Gasteiger partial charge in [0.15, 0.2) is 0 Å². The van der Waals surface area contributed by atoms with Crippen molar-refractivity contribution in [1.82, 2.24) is 19.9 Å². The van der Waals surface area contributed by atoms with Crippen LogP contribution in [0.4, 0.5) is 0 Å². The minimum absolute atomic E-state index is 0.339. The van der Waals surface area contributed by atoms with Crippen LogP contribution in [0.1, 0.15) is 50.0 Å². The van der Waals surface area contributed by atoms with E-state index in [4.69, 9.17) is 4.52 Å². The number of rotatable bonds is 5. The van der Waals surface area contributed by atoms with Crippen molar-refractivity contribution in [2.45, 2.75) is 52.0 Å². The van der Waals surface area contributed by atoms with Gasteiger partial charge in [-0.2, -0.15) is 4.98 Å². The summed E-state index contributed by atoms with van der Waals surface area (Å²) >= 11 is 0. The molecule has 1 aliphatic carbocycles. The number of amides is 1. The number of aryl methyl sites for hydroxylation is 1. The minimum Gasteiger partial charge on any atom is -0.340 e. The Morgan fingerprint density at radius 1 is 1.07 bits per heavy atom. The highest BCUT2D eigenvalue weighted by atomic mass is 16.5. The lowest BCUT2D eigenvalue weighted by atomic mass is 9.86. The van der Waals surface area contributed by atoms with Crippen molar-refractivity contribution in [3.8, 4) is 11.4 Å². The first kappa shape index (κ1) is 19.1. The van der Waals surface area contributed by atoms with E-state index in [9.17, 15) is 4.79 Å². The third-order valence-corrected chi connectivity index (χ3v) is 6.05. The van der Waals surface area contributed by atoms with Crippen LogP contribution in [0.5, 0.6) is 0 Å². The Hall–Kier alpha value is -2.21. The number of hydrogen-bond acceptors (Lipinski definition) is 5. The molecule has 6 nitrogen and oxygen atoms in total. The predicted molar refractivity (Wildman–Crippen MR) is 108 cm³/mol. The minimum atomic E-state index is 0.339. The fraction of sp³-hybridized carbons (Fsp3) is 0.591. The Kier molecular flexibility index (Phi) is 6.05. The maximum absolute atomic E-state index is 12.6. The van der Waals surface area contributed by atoms with Gasteiger partial charge in [0.05, 0.1) is 6.54 Å². The first-order valence-corrected chi connectivity index (χ1v) is 10.6. The highest BCUT2D eigenvalue weighted by Crippen LogP contribution is 2.27. The van der Waals surface area contributed by atoms with Gasteiger partial charge in [0.1, 0.15) is 0 Å². The number of nitrogens with zero attached hydrogens (tertiary/aromatic N) is 4. The van der Waals surface area contributed by atoms with Gasteiger partial charge in [0.25, 0.3) is 0 Å². The Morgan fingerprint density at radius 3 is 2.50 bits per heavy atom. The van der Waals surface area contributed by atoms with Crippen LogP contribution in [0.3, 0.4) is 0 Å². The van der Waals surface area contributed by atoms with Crippen LogP contribution in [0.2, 0.25) is 0 Å². The normalized spacial score (nSPS) is 19.1. The second-order valence-electron chi connectivity index (χ2n) is 8.24. The number of carbonyl (C=O) groups is 1. The summed E-state index contributed by atoms with van der Waals surface area (Å²) in [5.41, 5.74) is 2.18. The Bertz CT molecular complexity index is 772. The van der Waals surface area contributed by atoms with Gasteiger partial charge in [-0.1, -0.05) is 54.2 Å². The predicted octanol–water partition coefficient (Wildman–Crippen LogP) is 3.66. The molecule has 0 N–H and O–H groups in total. The lowest BCUT2D eigenvalue weighted by molar-refractivity contribution is -0.134. The first-order chi connectivity index (χ1) is 13.7.